The molecule has 23 heavy (non-hydrogen) atoms. The molecule has 0 saturated heterocycles. The summed E-state index contributed by atoms with van der Waals surface area (Å²) in [6.45, 7) is 0.0350. The van der Waals surface area contributed by atoms with Crippen molar-refractivity contribution < 1.29 is 18.3 Å². The number of benzene rings is 2. The van der Waals surface area contributed by atoms with Gasteiger partial charge < -0.3 is 5.11 Å². The molecule has 2 aromatic carbocycles. The predicted octanol–water partition coefficient (Wildman–Crippen LogP) is 3.40. The molecule has 0 aliphatic rings. The Morgan fingerprint density at radius 1 is 1.04 bits per heavy atom. The minimum atomic E-state index is -3.82. The Morgan fingerprint density at radius 3 is 2.26 bits per heavy atom. The van der Waals surface area contributed by atoms with E-state index in [0.717, 1.165) is 4.31 Å². The molecule has 5 nitrogen and oxygen atoms in total. The second-order valence-corrected chi connectivity index (χ2v) is 7.11. The lowest BCUT2D eigenvalue weighted by molar-refractivity contribution is -0.137. The second-order valence-electron chi connectivity index (χ2n) is 4.84. The lowest BCUT2D eigenvalue weighted by atomic mass is 10.3. The van der Waals surface area contributed by atoms with Gasteiger partial charge in [0.15, 0.2) is 0 Å². The first kappa shape index (κ1) is 17.3. The number of hydrogen-bond donors (Lipinski definition) is 1. The van der Waals surface area contributed by atoms with Crippen LogP contribution in [0.2, 0.25) is 5.02 Å². The highest BCUT2D eigenvalue weighted by molar-refractivity contribution is 7.92. The Balaban J connectivity index is 2.41. The fourth-order valence-electron chi connectivity index (χ4n) is 2.12. The third-order valence-corrected chi connectivity index (χ3v) is 5.35. The smallest absolute Gasteiger partial charge is 0.303 e. The number of carboxylic acids is 1. The number of sulfonamides is 1. The van der Waals surface area contributed by atoms with Crippen LogP contribution in [-0.2, 0) is 14.8 Å². The van der Waals surface area contributed by atoms with Crippen LogP contribution in [0.25, 0.3) is 0 Å². The molecule has 0 aliphatic carbocycles. The van der Waals surface area contributed by atoms with Gasteiger partial charge in [-0.15, -0.1) is 0 Å². The maximum atomic E-state index is 12.9. The van der Waals surface area contributed by atoms with Crippen LogP contribution in [-0.4, -0.2) is 26.0 Å². The second kappa shape index (κ2) is 7.48. The van der Waals surface area contributed by atoms with Gasteiger partial charge in [0.05, 0.1) is 15.6 Å². The zero-order valence-corrected chi connectivity index (χ0v) is 13.8. The van der Waals surface area contributed by atoms with Crippen molar-refractivity contribution in [1.82, 2.24) is 0 Å². The highest BCUT2D eigenvalue weighted by atomic mass is 35.5. The summed E-state index contributed by atoms with van der Waals surface area (Å²) < 4.78 is 26.9. The summed E-state index contributed by atoms with van der Waals surface area (Å²) in [6, 6.07) is 14.6. The van der Waals surface area contributed by atoms with Gasteiger partial charge in [-0.2, -0.15) is 0 Å². The summed E-state index contributed by atoms with van der Waals surface area (Å²) in [6.07, 6.45) is 0.0673. The van der Waals surface area contributed by atoms with Crippen LogP contribution in [0.15, 0.2) is 59.5 Å². The number of anilines is 1. The number of rotatable bonds is 7. The largest absolute Gasteiger partial charge is 0.481 e. The van der Waals surface area contributed by atoms with E-state index in [1.807, 2.05) is 0 Å². The van der Waals surface area contributed by atoms with Gasteiger partial charge in [-0.3, -0.25) is 9.10 Å². The SMILES string of the molecule is O=C(O)CCCN(c1ccccc1Cl)S(=O)(=O)c1ccccc1. The van der Waals surface area contributed by atoms with Gasteiger partial charge in [-0.1, -0.05) is 41.9 Å². The minimum Gasteiger partial charge on any atom is -0.481 e. The van der Waals surface area contributed by atoms with Crippen molar-refractivity contribution in [3.63, 3.8) is 0 Å². The molecule has 0 atom stereocenters. The molecule has 2 rings (SSSR count). The molecular weight excluding hydrogens is 338 g/mol. The van der Waals surface area contributed by atoms with Crippen LogP contribution in [0, 0.1) is 0 Å². The number of aliphatic carboxylic acids is 1. The highest BCUT2D eigenvalue weighted by Crippen LogP contribution is 2.30. The normalized spacial score (nSPS) is 11.2. The van der Waals surface area contributed by atoms with E-state index in [-0.39, 0.29) is 24.3 Å². The Hall–Kier alpha value is -2.05. The van der Waals surface area contributed by atoms with Crippen LogP contribution < -0.4 is 4.31 Å². The van der Waals surface area contributed by atoms with E-state index in [0.29, 0.717) is 10.7 Å². The number of hydrogen-bond acceptors (Lipinski definition) is 3. The molecular formula is C16H16ClNO4S. The van der Waals surface area contributed by atoms with Gasteiger partial charge in [-0.25, -0.2) is 8.42 Å². The van der Waals surface area contributed by atoms with E-state index in [4.69, 9.17) is 16.7 Å². The maximum Gasteiger partial charge on any atom is 0.303 e. The standard InChI is InChI=1S/C16H16ClNO4S/c17-14-9-4-5-10-15(14)18(12-6-11-16(19)20)23(21,22)13-7-2-1-3-8-13/h1-5,7-10H,6,11-12H2,(H,19,20). The first-order valence-electron chi connectivity index (χ1n) is 6.97. The van der Waals surface area contributed by atoms with Crippen LogP contribution >= 0.6 is 11.6 Å². The van der Waals surface area contributed by atoms with E-state index in [9.17, 15) is 13.2 Å². The summed E-state index contributed by atoms with van der Waals surface area (Å²) in [4.78, 5) is 10.8. The minimum absolute atomic E-state index is 0.0350. The molecule has 0 aromatic heterocycles. The molecule has 0 spiro atoms. The van der Waals surface area contributed by atoms with Crippen LogP contribution in [0.1, 0.15) is 12.8 Å². The molecule has 0 heterocycles. The molecule has 122 valence electrons. The van der Waals surface area contributed by atoms with E-state index in [1.165, 1.54) is 12.1 Å². The van der Waals surface area contributed by atoms with Gasteiger partial charge >= 0.3 is 5.97 Å². The van der Waals surface area contributed by atoms with Crippen molar-refractivity contribution in [3.05, 3.63) is 59.6 Å². The van der Waals surface area contributed by atoms with Crippen molar-refractivity contribution in [2.24, 2.45) is 0 Å². The van der Waals surface area contributed by atoms with Crippen LogP contribution in [0.5, 0.6) is 0 Å². The van der Waals surface area contributed by atoms with Crippen molar-refractivity contribution in [2.45, 2.75) is 17.7 Å². The van der Waals surface area contributed by atoms with Crippen LogP contribution in [0.4, 0.5) is 5.69 Å². The van der Waals surface area contributed by atoms with Gasteiger partial charge in [0, 0.05) is 13.0 Å². The Bertz CT molecular complexity index is 778. The van der Waals surface area contributed by atoms with Gasteiger partial charge in [0.2, 0.25) is 0 Å². The first-order valence-corrected chi connectivity index (χ1v) is 8.79. The average Bonchev–Trinajstić information content (AvgIpc) is 2.53. The fraction of sp³-hybridized carbons (Fsp3) is 0.188. The third-order valence-electron chi connectivity index (χ3n) is 3.20. The Morgan fingerprint density at radius 2 is 1.65 bits per heavy atom. The zero-order valence-electron chi connectivity index (χ0n) is 12.2. The highest BCUT2D eigenvalue weighted by Gasteiger charge is 2.26. The molecule has 0 unspecified atom stereocenters. The average molecular weight is 354 g/mol. The van der Waals surface area contributed by atoms with Crippen molar-refractivity contribution in [2.75, 3.05) is 10.8 Å². The summed E-state index contributed by atoms with van der Waals surface area (Å²) in [7, 11) is -3.82. The van der Waals surface area contributed by atoms with Crippen molar-refractivity contribution in [1.29, 1.82) is 0 Å². The van der Waals surface area contributed by atoms with Crippen LogP contribution in [0.3, 0.4) is 0 Å². The summed E-state index contributed by atoms with van der Waals surface area (Å²) >= 11 is 6.13. The number of nitrogens with zero attached hydrogens (tertiary/aromatic N) is 1. The topological polar surface area (TPSA) is 74.7 Å². The first-order chi connectivity index (χ1) is 10.9. The lowest BCUT2D eigenvalue weighted by Gasteiger charge is -2.25. The number of carbonyl (C=O) groups is 1. The number of halogens is 1. The molecule has 0 radical (unpaired) electrons. The van der Waals surface area contributed by atoms with Gasteiger partial charge in [0.25, 0.3) is 10.0 Å². The van der Waals surface area contributed by atoms with Gasteiger partial charge in [0.1, 0.15) is 0 Å². The third kappa shape index (κ3) is 4.24. The van der Waals surface area contributed by atoms with E-state index >= 15 is 0 Å². The molecule has 7 heteroatoms. The van der Waals surface area contributed by atoms with Crippen molar-refractivity contribution >= 4 is 33.3 Å². The van der Waals surface area contributed by atoms with Gasteiger partial charge in [-0.05, 0) is 30.7 Å². The Labute approximate surface area is 140 Å². The quantitative estimate of drug-likeness (QED) is 0.827. The number of carboxylic acid groups (broad SMARTS) is 1. The predicted molar refractivity (Wildman–Crippen MR) is 89.3 cm³/mol. The molecule has 0 aliphatic heterocycles. The molecule has 0 fully saturated rings. The molecule has 0 amide bonds. The lowest BCUT2D eigenvalue weighted by Crippen LogP contribution is -2.32. The monoisotopic (exact) mass is 353 g/mol. The Kier molecular flexibility index (Phi) is 5.63. The van der Waals surface area contributed by atoms with Crippen molar-refractivity contribution in [3.8, 4) is 0 Å². The summed E-state index contributed by atoms with van der Waals surface area (Å²) in [5.41, 5.74) is 0.336. The maximum absolute atomic E-state index is 12.9. The molecule has 2 aromatic rings. The molecule has 1 N–H and O–H groups in total. The summed E-state index contributed by atoms with van der Waals surface area (Å²) in [5, 5.41) is 9.07. The summed E-state index contributed by atoms with van der Waals surface area (Å²) in [5.74, 6) is -0.971. The molecule has 0 saturated carbocycles. The fourth-order valence-corrected chi connectivity index (χ4v) is 3.95. The van der Waals surface area contributed by atoms with E-state index < -0.39 is 16.0 Å². The molecule has 0 bridgehead atoms. The number of para-hydroxylation sites is 1. The van der Waals surface area contributed by atoms with E-state index in [1.54, 1.807) is 42.5 Å². The zero-order chi connectivity index (χ0) is 16.9. The van der Waals surface area contributed by atoms with E-state index in [2.05, 4.69) is 0 Å².